The molecule has 32 N–H and O–H groups in total. The van der Waals surface area contributed by atoms with E-state index in [-0.39, 0.29) is 99.9 Å². The molecule has 0 aliphatic rings. The summed E-state index contributed by atoms with van der Waals surface area (Å²) in [6.45, 7) is 0. The van der Waals surface area contributed by atoms with Crippen molar-refractivity contribution < 1.29 is 148 Å². The van der Waals surface area contributed by atoms with Crippen molar-refractivity contribution in [2.45, 2.75) is 0 Å². The van der Waals surface area contributed by atoms with Crippen LogP contribution < -0.4 is 31.3 Å². The van der Waals surface area contributed by atoms with Crippen LogP contribution in [0.3, 0.4) is 0 Å². The van der Waals surface area contributed by atoms with Gasteiger partial charge in [-0.25, -0.2) is 0 Å². The third kappa shape index (κ3) is 28.9. The van der Waals surface area contributed by atoms with Crippen molar-refractivity contribution in [3.63, 3.8) is 0 Å². The molecule has 2 rings (SSSR count). The Labute approximate surface area is 240 Å². The number of hydrogen-bond acceptors (Lipinski definition) is 12. The summed E-state index contributed by atoms with van der Waals surface area (Å²) in [7, 11) is 0. The van der Waals surface area contributed by atoms with Crippen LogP contribution >= 0.6 is 0 Å². The van der Waals surface area contributed by atoms with Crippen LogP contribution in [-0.4, -0.2) is 45.8 Å². The maximum atomic E-state index is 10.7. The fourth-order valence-electron chi connectivity index (χ4n) is 1.36. The van der Waals surface area contributed by atoms with Crippen molar-refractivity contribution in [2.24, 2.45) is 0 Å². The van der Waals surface area contributed by atoms with Gasteiger partial charge in [0.15, 0.2) is 33.9 Å². The van der Waals surface area contributed by atoms with Gasteiger partial charge in [0.2, 0.25) is 0 Å². The number of aromatic carboxylic acids is 4. The van der Waals surface area contributed by atoms with E-state index in [0.717, 1.165) is 0 Å². The van der Waals surface area contributed by atoms with E-state index >= 15 is 0 Å². The van der Waals surface area contributed by atoms with E-state index in [9.17, 15) is 49.2 Å². The Morgan fingerprint density at radius 3 is 0.650 bits per heavy atom. The first kappa shape index (κ1) is 90.9. The second-order valence-electron chi connectivity index (χ2n) is 4.19. The summed E-state index contributed by atoms with van der Waals surface area (Å²) in [6.07, 6.45) is 0. The molecule has 0 bridgehead atoms. The van der Waals surface area contributed by atoms with Gasteiger partial charge in [-0.05, 0) is 0 Å². The fraction of sp³-hybridized carbons (Fsp3) is 0. The summed E-state index contributed by atoms with van der Waals surface area (Å²) >= 11 is 0. The second kappa shape index (κ2) is 39.8. The van der Waals surface area contributed by atoms with Crippen molar-refractivity contribution in [3.8, 4) is 0 Å². The van der Waals surface area contributed by atoms with Crippen LogP contribution in [0.1, 0.15) is 42.2 Å². The average Bonchev–Trinajstić information content (AvgIpc) is 2.54. The van der Waals surface area contributed by atoms with Gasteiger partial charge in [-0.3, -0.25) is 9.59 Å². The van der Waals surface area contributed by atoms with Crippen LogP contribution in [0.4, 0.5) is 0 Å². The Morgan fingerprint density at radius 1 is 0.425 bits per heavy atom. The maximum absolute atomic E-state index is 10.7. The van der Waals surface area contributed by atoms with Gasteiger partial charge in [0, 0.05) is 24.3 Å². The standard InChI is InChI=1S/2C7H4O6.2Mn.12H2O/c2*8-3-1-4(6(9)10)13-5(2-3)7(11)12;;;;;;;;;;;;;;/h2*1-2H,(H,9,10)(H,11,12);;;12*1H2/q;;2*+2;;;;;;;;;;;;/p+4. The van der Waals surface area contributed by atoms with Gasteiger partial charge in [0.05, 0.1) is 0 Å². The average molecular weight is 698 g/mol. The molecule has 0 atom stereocenters. The molecular formula is C14H36Mn2O24+8. The van der Waals surface area contributed by atoms with E-state index in [4.69, 9.17) is 0 Å². The monoisotopic (exact) mass is 698 g/mol. The minimum atomic E-state index is -1.76. The summed E-state index contributed by atoms with van der Waals surface area (Å²) in [5, 5.41) is 40.7. The molecule has 2 radical (unpaired) electrons. The van der Waals surface area contributed by atoms with Crippen molar-refractivity contribution in [3.05, 3.63) is 67.8 Å². The van der Waals surface area contributed by atoms with E-state index in [2.05, 4.69) is 8.83 Å². The van der Waals surface area contributed by atoms with Crippen molar-refractivity contribution in [1.82, 2.24) is 0 Å². The van der Waals surface area contributed by atoms with Crippen LogP contribution in [0.25, 0.3) is 0 Å². The summed E-state index contributed by atoms with van der Waals surface area (Å²) < 4.78 is 8.51. The largest absolute Gasteiger partial charge is 2.00 e. The number of rotatable bonds is 4. The molecule has 2 aromatic heterocycles. The topological polar surface area (TPSA) is 611 Å². The normalized spacial score (nSPS) is 6.20. The van der Waals surface area contributed by atoms with E-state index < -0.39 is 57.8 Å². The molecule has 0 saturated heterocycles. The van der Waals surface area contributed by atoms with E-state index in [1.165, 1.54) is 0 Å². The van der Waals surface area contributed by atoms with Gasteiger partial charge in [-0.1, -0.05) is 0 Å². The van der Waals surface area contributed by atoms with Crippen LogP contribution in [0, 0.1) is 0 Å². The molecule has 26 heteroatoms. The molecule has 242 valence electrons. The Bertz CT molecular complexity index is 863. The van der Waals surface area contributed by atoms with Gasteiger partial charge in [0.25, 0.3) is 0 Å². The molecule has 0 spiro atoms. The number of carbonyl (C=O) groups excluding carboxylic acids is 4. The van der Waals surface area contributed by atoms with Crippen molar-refractivity contribution >= 4 is 23.9 Å². The summed E-state index contributed by atoms with van der Waals surface area (Å²) in [5.74, 6) is -10.4. The molecule has 0 amide bonds. The zero-order valence-electron chi connectivity index (χ0n) is 19.6. The van der Waals surface area contributed by atoms with Crippen molar-refractivity contribution in [2.75, 3.05) is 0 Å². The van der Waals surface area contributed by atoms with Crippen LogP contribution in [0.15, 0.2) is 42.7 Å². The molecule has 0 aliphatic carbocycles. The van der Waals surface area contributed by atoms with Gasteiger partial charge in [-0.15, -0.1) is 0 Å². The Balaban J connectivity index is -0.0000000209. The number of carbonyl (C=O) groups is 4. The van der Waals surface area contributed by atoms with Gasteiger partial charge >= 0.3 is 34.1 Å². The predicted octanol–water partition coefficient (Wildman–Crippen LogP) is -15.9. The maximum Gasteiger partial charge on any atom is 2.00 e. The van der Waals surface area contributed by atoms with Crippen LogP contribution in [0.2, 0.25) is 0 Å². The summed E-state index contributed by atoms with van der Waals surface area (Å²) in [6, 6.07) is 2.45. The summed E-state index contributed by atoms with van der Waals surface area (Å²) in [5.41, 5.74) is -1.60. The second-order valence-corrected chi connectivity index (χ2v) is 4.19. The number of hydrogen-bond donors (Lipinski definition) is 0. The molecule has 0 unspecified atom stereocenters. The Hall–Kier alpha value is -3.66. The van der Waals surface area contributed by atoms with E-state index in [1.54, 1.807) is 0 Å². The zero-order valence-corrected chi connectivity index (χ0v) is 21.9. The van der Waals surface area contributed by atoms with Gasteiger partial charge in [-0.2, -0.15) is 0 Å². The number of carboxylic acid groups (broad SMARTS) is 4. The number of carboxylic acids is 4. The molecule has 2 heterocycles. The minimum Gasteiger partial charge on any atom is -0.542 e. The molecule has 2 aromatic rings. The fourth-order valence-corrected chi connectivity index (χ4v) is 1.36. The van der Waals surface area contributed by atoms with E-state index in [0.29, 0.717) is 24.3 Å². The SMILES string of the molecule is O.O.O.O.O=C([O-])c1cc(=O)cc(C(=O)[O-])o1.O=C([O-])c1cc(=O)cc(C(=O)[O-])o1.[Mn+2].[Mn+2].[OH3+].[OH3+].[OH3+].[OH3+].[OH3+].[OH3+].[OH3+].[OH3+]. The first-order valence-corrected chi connectivity index (χ1v) is 6.17. The molecule has 0 saturated carbocycles. The molecular weight excluding hydrogens is 662 g/mol. The van der Waals surface area contributed by atoms with Crippen LogP contribution in [-0.2, 0) is 77.9 Å². The quantitative estimate of drug-likeness (QED) is 0.212. The summed E-state index contributed by atoms with van der Waals surface area (Å²) in [4.78, 5) is 62.0. The molecule has 24 nitrogen and oxygen atoms in total. The zero-order chi connectivity index (χ0) is 20.0. The van der Waals surface area contributed by atoms with Crippen LogP contribution in [0.5, 0.6) is 0 Å². The third-order valence-corrected chi connectivity index (χ3v) is 2.34. The Kier molecular flexibility index (Phi) is 90.6. The smallest absolute Gasteiger partial charge is 0.542 e. The predicted molar refractivity (Wildman–Crippen MR) is 121 cm³/mol. The molecule has 40 heavy (non-hydrogen) atoms. The van der Waals surface area contributed by atoms with Crippen molar-refractivity contribution in [1.29, 1.82) is 0 Å². The molecule has 0 fully saturated rings. The van der Waals surface area contributed by atoms with E-state index in [1.807, 2.05) is 0 Å². The van der Waals surface area contributed by atoms with Gasteiger partial charge in [0.1, 0.15) is 23.9 Å². The Morgan fingerprint density at radius 2 is 0.550 bits per heavy atom. The molecule has 0 aliphatic heterocycles. The first-order chi connectivity index (χ1) is 12.0. The molecule has 0 aromatic carbocycles. The minimum absolute atomic E-state index is 0. The van der Waals surface area contributed by atoms with Gasteiger partial charge < -0.3 is 114 Å². The third-order valence-electron chi connectivity index (χ3n) is 2.34. The first-order valence-electron chi connectivity index (χ1n) is 6.17.